The molecule has 1 aliphatic rings. The monoisotopic (exact) mass is 342 g/mol. The van der Waals surface area contributed by atoms with Gasteiger partial charge in [-0.05, 0) is 52.5 Å². The molecule has 1 fully saturated rings. The lowest BCUT2D eigenvalue weighted by atomic mass is 10.1. The van der Waals surface area contributed by atoms with Gasteiger partial charge in [-0.15, -0.1) is 0 Å². The third-order valence-electron chi connectivity index (χ3n) is 4.23. The summed E-state index contributed by atoms with van der Waals surface area (Å²) in [5.74, 6) is 0. The number of nitro benzene ring substituents is 1. The number of rotatable bonds is 6. The number of hydrogen-bond acceptors (Lipinski definition) is 6. The first-order chi connectivity index (χ1) is 10.8. The van der Waals surface area contributed by atoms with Crippen molar-refractivity contribution in [2.24, 2.45) is 0 Å². The number of benzene rings is 1. The van der Waals surface area contributed by atoms with E-state index in [1.54, 1.807) is 0 Å². The molecule has 0 aromatic heterocycles. The van der Waals surface area contributed by atoms with Gasteiger partial charge in [-0.1, -0.05) is 0 Å². The fourth-order valence-corrected chi connectivity index (χ4v) is 3.75. The van der Waals surface area contributed by atoms with Gasteiger partial charge in [-0.2, -0.15) is 0 Å². The second-order valence-electron chi connectivity index (χ2n) is 5.86. The molecule has 0 saturated heterocycles. The van der Waals surface area contributed by atoms with Crippen LogP contribution in [0, 0.1) is 10.1 Å². The van der Waals surface area contributed by atoms with Crippen LogP contribution in [0.2, 0.25) is 0 Å². The van der Waals surface area contributed by atoms with Crippen LogP contribution < -0.4 is 10.0 Å². The van der Waals surface area contributed by atoms with Gasteiger partial charge in [0.2, 0.25) is 10.0 Å². The lowest BCUT2D eigenvalue weighted by Crippen LogP contribution is -2.39. The molecule has 2 atom stereocenters. The highest BCUT2D eigenvalue weighted by Gasteiger charge is 2.30. The first kappa shape index (κ1) is 17.6. The summed E-state index contributed by atoms with van der Waals surface area (Å²) in [6, 6.07) is 4.34. The van der Waals surface area contributed by atoms with Crippen molar-refractivity contribution >= 4 is 21.4 Å². The molecule has 23 heavy (non-hydrogen) atoms. The fraction of sp³-hybridized carbons (Fsp3) is 0.571. The highest BCUT2D eigenvalue weighted by atomic mass is 32.2. The molecule has 1 saturated carbocycles. The molecule has 1 aromatic carbocycles. The highest BCUT2D eigenvalue weighted by molar-refractivity contribution is 7.89. The van der Waals surface area contributed by atoms with E-state index in [0.29, 0.717) is 11.7 Å². The van der Waals surface area contributed by atoms with Crippen LogP contribution in [0.3, 0.4) is 0 Å². The average molecular weight is 342 g/mol. The molecule has 0 aliphatic heterocycles. The molecule has 2 rings (SSSR count). The number of nitro groups is 1. The predicted molar refractivity (Wildman–Crippen MR) is 88.1 cm³/mol. The van der Waals surface area contributed by atoms with E-state index in [4.69, 9.17) is 0 Å². The van der Waals surface area contributed by atoms with Gasteiger partial charge in [-0.3, -0.25) is 10.1 Å². The second kappa shape index (κ2) is 6.81. The molecule has 9 heteroatoms. The summed E-state index contributed by atoms with van der Waals surface area (Å²) < 4.78 is 25.8. The number of nitrogens with one attached hydrogen (secondary N) is 2. The largest absolute Gasteiger partial charge is 0.375 e. The van der Waals surface area contributed by atoms with Crippen LogP contribution in [-0.2, 0) is 10.0 Å². The van der Waals surface area contributed by atoms with Crippen molar-refractivity contribution in [2.45, 2.75) is 36.2 Å². The van der Waals surface area contributed by atoms with Crippen LogP contribution in [0.15, 0.2) is 23.1 Å². The first-order valence-electron chi connectivity index (χ1n) is 7.41. The molecule has 0 radical (unpaired) electrons. The molecule has 8 nitrogen and oxygen atoms in total. The van der Waals surface area contributed by atoms with Crippen molar-refractivity contribution in [3.63, 3.8) is 0 Å². The standard InChI is InChI=1S/C14H22N4O4S/c1-15-23(21,22)10-7-8-12(14(9-10)18(19)20)16-11-5-4-6-13(11)17(2)3/h7-9,11,13,15-16H,4-6H2,1-3H3/t11-,13-/m0/s1. The Bertz CT molecular complexity index is 690. The van der Waals surface area contributed by atoms with Crippen molar-refractivity contribution in [1.29, 1.82) is 0 Å². The van der Waals surface area contributed by atoms with E-state index in [2.05, 4.69) is 14.9 Å². The zero-order chi connectivity index (χ0) is 17.2. The zero-order valence-corrected chi connectivity index (χ0v) is 14.3. The minimum atomic E-state index is -3.71. The van der Waals surface area contributed by atoms with Gasteiger partial charge in [0, 0.05) is 18.2 Å². The molecule has 0 unspecified atom stereocenters. The van der Waals surface area contributed by atoms with Gasteiger partial charge in [0.25, 0.3) is 5.69 Å². The summed E-state index contributed by atoms with van der Waals surface area (Å²) in [6.45, 7) is 0. The molecule has 1 aromatic rings. The van der Waals surface area contributed by atoms with Crippen molar-refractivity contribution in [1.82, 2.24) is 9.62 Å². The van der Waals surface area contributed by atoms with Gasteiger partial charge >= 0.3 is 0 Å². The Labute approximate surface area is 136 Å². The Morgan fingerprint density at radius 2 is 2.00 bits per heavy atom. The Morgan fingerprint density at radius 3 is 2.57 bits per heavy atom. The number of anilines is 1. The molecule has 0 spiro atoms. The van der Waals surface area contributed by atoms with E-state index in [1.165, 1.54) is 19.2 Å². The summed E-state index contributed by atoms with van der Waals surface area (Å²) in [7, 11) is 1.53. The molecule has 2 N–H and O–H groups in total. The lowest BCUT2D eigenvalue weighted by Gasteiger charge is -2.27. The molecule has 1 aliphatic carbocycles. The maximum Gasteiger partial charge on any atom is 0.293 e. The maximum absolute atomic E-state index is 11.8. The van der Waals surface area contributed by atoms with Crippen LogP contribution in [-0.4, -0.2) is 51.5 Å². The first-order valence-corrected chi connectivity index (χ1v) is 8.89. The molecular formula is C14H22N4O4S. The average Bonchev–Trinajstić information content (AvgIpc) is 2.95. The Hall–Kier alpha value is -1.71. The summed E-state index contributed by atoms with van der Waals surface area (Å²) in [5.41, 5.74) is 0.120. The van der Waals surface area contributed by atoms with E-state index in [-0.39, 0.29) is 16.6 Å². The van der Waals surface area contributed by atoms with Crippen LogP contribution in [0.5, 0.6) is 0 Å². The third kappa shape index (κ3) is 3.80. The van der Waals surface area contributed by atoms with Crippen molar-refractivity contribution in [2.75, 3.05) is 26.5 Å². The van der Waals surface area contributed by atoms with Crippen molar-refractivity contribution < 1.29 is 13.3 Å². The summed E-state index contributed by atoms with van der Waals surface area (Å²) in [6.07, 6.45) is 3.02. The van der Waals surface area contributed by atoms with Crippen LogP contribution in [0.1, 0.15) is 19.3 Å². The van der Waals surface area contributed by atoms with Crippen LogP contribution in [0.25, 0.3) is 0 Å². The van der Waals surface area contributed by atoms with E-state index in [1.807, 2.05) is 14.1 Å². The van der Waals surface area contributed by atoms with Crippen molar-refractivity contribution in [3.05, 3.63) is 28.3 Å². The van der Waals surface area contributed by atoms with Crippen LogP contribution >= 0.6 is 0 Å². The zero-order valence-electron chi connectivity index (χ0n) is 13.4. The van der Waals surface area contributed by atoms with E-state index in [0.717, 1.165) is 25.3 Å². The van der Waals surface area contributed by atoms with E-state index in [9.17, 15) is 18.5 Å². The van der Waals surface area contributed by atoms with E-state index < -0.39 is 14.9 Å². The Morgan fingerprint density at radius 1 is 1.30 bits per heavy atom. The fourth-order valence-electron chi connectivity index (χ4n) is 3.00. The summed E-state index contributed by atoms with van der Waals surface area (Å²) in [5, 5.41) is 14.5. The normalized spacial score (nSPS) is 21.6. The molecule has 0 bridgehead atoms. The second-order valence-corrected chi connectivity index (χ2v) is 7.74. The minimum Gasteiger partial charge on any atom is -0.375 e. The Balaban J connectivity index is 2.34. The smallest absolute Gasteiger partial charge is 0.293 e. The van der Waals surface area contributed by atoms with Crippen LogP contribution in [0.4, 0.5) is 11.4 Å². The topological polar surface area (TPSA) is 105 Å². The molecule has 0 amide bonds. The summed E-state index contributed by atoms with van der Waals surface area (Å²) >= 11 is 0. The third-order valence-corrected chi connectivity index (χ3v) is 5.64. The van der Waals surface area contributed by atoms with Crippen molar-refractivity contribution in [3.8, 4) is 0 Å². The quantitative estimate of drug-likeness (QED) is 0.598. The SMILES string of the molecule is CNS(=O)(=O)c1ccc(N[C@H]2CCC[C@@H]2N(C)C)c([N+](=O)[O-])c1. The summed E-state index contributed by atoms with van der Waals surface area (Å²) in [4.78, 5) is 12.7. The number of likely N-dealkylation sites (N-methyl/N-ethyl adjacent to an activating group) is 1. The van der Waals surface area contributed by atoms with Gasteiger partial charge in [0.15, 0.2) is 0 Å². The maximum atomic E-state index is 11.8. The lowest BCUT2D eigenvalue weighted by molar-refractivity contribution is -0.384. The number of hydrogen-bond donors (Lipinski definition) is 2. The molecular weight excluding hydrogens is 320 g/mol. The Kier molecular flexibility index (Phi) is 5.23. The van der Waals surface area contributed by atoms with Gasteiger partial charge in [0.05, 0.1) is 9.82 Å². The highest BCUT2D eigenvalue weighted by Crippen LogP contribution is 2.32. The van der Waals surface area contributed by atoms with Gasteiger partial charge in [0.1, 0.15) is 5.69 Å². The molecule has 0 heterocycles. The van der Waals surface area contributed by atoms with E-state index >= 15 is 0 Å². The molecule has 128 valence electrons. The minimum absolute atomic E-state index is 0.107. The number of nitrogens with zero attached hydrogens (tertiary/aromatic N) is 2. The number of sulfonamides is 1. The van der Waals surface area contributed by atoms with Gasteiger partial charge in [-0.25, -0.2) is 13.1 Å². The predicted octanol–water partition coefficient (Wildman–Crippen LogP) is 1.40. The van der Waals surface area contributed by atoms with Gasteiger partial charge < -0.3 is 10.2 Å².